The standard InChI is InChI=1S/C56H109NO8/c1-3-5-7-9-11-13-15-17-19-20-21-22-23-24-25-26-27-28-29-30-31-32-33-35-37-39-41-43-45-50(59)49(48-64-56-55(63)54(62)53(61)51(47-58)65-56)57-52(60)46-44-42-40-38-36-34-18-16-14-12-10-8-6-4-2/h16,18,49-51,53-56,58-59,61-63H,3-15,17,19-48H2,1-2H3,(H,57,60)/b18-16-. The highest BCUT2D eigenvalue weighted by molar-refractivity contribution is 5.76. The minimum Gasteiger partial charge on any atom is -0.394 e. The van der Waals surface area contributed by atoms with E-state index < -0.39 is 49.5 Å². The summed E-state index contributed by atoms with van der Waals surface area (Å²) < 4.78 is 11.3. The lowest BCUT2D eigenvalue weighted by Gasteiger charge is -2.40. The summed E-state index contributed by atoms with van der Waals surface area (Å²) >= 11 is 0. The van der Waals surface area contributed by atoms with Crippen molar-refractivity contribution in [1.29, 1.82) is 0 Å². The zero-order valence-electron chi connectivity index (χ0n) is 42.8. The Labute approximate surface area is 401 Å². The number of carbonyl (C=O) groups excluding carboxylic acids is 1. The van der Waals surface area contributed by atoms with Gasteiger partial charge in [0.25, 0.3) is 0 Å². The van der Waals surface area contributed by atoms with E-state index >= 15 is 0 Å². The van der Waals surface area contributed by atoms with Gasteiger partial charge in [0.05, 0.1) is 25.4 Å². The van der Waals surface area contributed by atoms with Gasteiger partial charge in [-0.15, -0.1) is 0 Å². The van der Waals surface area contributed by atoms with Gasteiger partial charge in [-0.25, -0.2) is 0 Å². The van der Waals surface area contributed by atoms with Crippen LogP contribution in [0.1, 0.15) is 284 Å². The Hall–Kier alpha value is -1.07. The molecule has 1 rings (SSSR count). The smallest absolute Gasteiger partial charge is 0.220 e. The lowest BCUT2D eigenvalue weighted by atomic mass is 9.99. The summed E-state index contributed by atoms with van der Waals surface area (Å²) in [5.41, 5.74) is 0. The number of carbonyl (C=O) groups is 1. The number of rotatable bonds is 49. The maximum atomic E-state index is 13.0. The topological polar surface area (TPSA) is 149 Å². The average Bonchev–Trinajstić information content (AvgIpc) is 3.31. The van der Waals surface area contributed by atoms with Crippen molar-refractivity contribution in [1.82, 2.24) is 5.32 Å². The molecule has 386 valence electrons. The number of allylic oxidation sites excluding steroid dienone is 2. The highest BCUT2D eigenvalue weighted by atomic mass is 16.7. The minimum atomic E-state index is -1.55. The second kappa shape index (κ2) is 46.6. The Bertz CT molecular complexity index is 1030. The predicted molar refractivity (Wildman–Crippen MR) is 272 cm³/mol. The van der Waals surface area contributed by atoms with Gasteiger partial charge in [0.1, 0.15) is 24.4 Å². The van der Waals surface area contributed by atoms with Gasteiger partial charge in [-0.1, -0.05) is 251 Å². The molecule has 1 heterocycles. The van der Waals surface area contributed by atoms with Crippen LogP contribution in [0.15, 0.2) is 12.2 Å². The molecule has 0 bridgehead atoms. The Morgan fingerprint density at radius 1 is 0.508 bits per heavy atom. The maximum Gasteiger partial charge on any atom is 0.220 e. The zero-order chi connectivity index (χ0) is 47.3. The van der Waals surface area contributed by atoms with E-state index in [1.54, 1.807) is 0 Å². The molecule has 6 N–H and O–H groups in total. The van der Waals surface area contributed by atoms with Crippen molar-refractivity contribution in [3.63, 3.8) is 0 Å². The molecule has 9 heteroatoms. The molecule has 0 aromatic carbocycles. The molecule has 1 amide bonds. The first-order valence-corrected chi connectivity index (χ1v) is 28.4. The Morgan fingerprint density at radius 2 is 0.862 bits per heavy atom. The van der Waals surface area contributed by atoms with Crippen molar-refractivity contribution < 1.29 is 39.8 Å². The summed E-state index contributed by atoms with van der Waals surface area (Å²) in [6.07, 6.45) is 49.6. The fourth-order valence-electron chi connectivity index (χ4n) is 9.34. The summed E-state index contributed by atoms with van der Waals surface area (Å²) in [4.78, 5) is 13.0. The van der Waals surface area contributed by atoms with Crippen LogP contribution in [-0.2, 0) is 14.3 Å². The van der Waals surface area contributed by atoms with Gasteiger partial charge in [0.2, 0.25) is 5.91 Å². The van der Waals surface area contributed by atoms with Crippen molar-refractivity contribution in [2.24, 2.45) is 0 Å². The van der Waals surface area contributed by atoms with Gasteiger partial charge in [0.15, 0.2) is 6.29 Å². The van der Waals surface area contributed by atoms with Crippen LogP contribution in [0.4, 0.5) is 0 Å². The van der Waals surface area contributed by atoms with E-state index in [1.165, 1.54) is 205 Å². The summed E-state index contributed by atoms with van der Waals surface area (Å²) in [5, 5.41) is 54.6. The van der Waals surface area contributed by atoms with Crippen molar-refractivity contribution in [3.05, 3.63) is 12.2 Å². The largest absolute Gasteiger partial charge is 0.394 e. The molecule has 0 aromatic rings. The van der Waals surface area contributed by atoms with Gasteiger partial charge < -0.3 is 40.3 Å². The van der Waals surface area contributed by atoms with Crippen LogP contribution in [0, 0.1) is 0 Å². The second-order valence-electron chi connectivity index (χ2n) is 20.1. The summed E-state index contributed by atoms with van der Waals surface area (Å²) in [7, 11) is 0. The molecule has 0 aromatic heterocycles. The van der Waals surface area contributed by atoms with Gasteiger partial charge in [-0.2, -0.15) is 0 Å². The van der Waals surface area contributed by atoms with E-state index in [1.807, 2.05) is 0 Å². The fraction of sp³-hybridized carbons (Fsp3) is 0.946. The van der Waals surface area contributed by atoms with Crippen LogP contribution >= 0.6 is 0 Å². The maximum absolute atomic E-state index is 13.0. The van der Waals surface area contributed by atoms with E-state index in [9.17, 15) is 30.3 Å². The van der Waals surface area contributed by atoms with E-state index in [-0.39, 0.29) is 12.5 Å². The number of hydrogen-bond acceptors (Lipinski definition) is 8. The molecule has 0 spiro atoms. The number of nitrogens with one attached hydrogen (secondary N) is 1. The molecule has 0 radical (unpaired) electrons. The molecule has 1 aliphatic rings. The van der Waals surface area contributed by atoms with E-state index in [2.05, 4.69) is 31.3 Å². The van der Waals surface area contributed by atoms with Gasteiger partial charge in [-0.3, -0.25) is 4.79 Å². The summed E-state index contributed by atoms with van der Waals surface area (Å²) in [5.74, 6) is -0.149. The molecule has 9 nitrogen and oxygen atoms in total. The van der Waals surface area contributed by atoms with Gasteiger partial charge in [0, 0.05) is 6.42 Å². The normalized spacial score (nSPS) is 19.9. The first-order valence-electron chi connectivity index (χ1n) is 28.4. The third kappa shape index (κ3) is 36.6. The first-order chi connectivity index (χ1) is 31.8. The molecular formula is C56H109NO8. The average molecular weight is 924 g/mol. The fourth-order valence-corrected chi connectivity index (χ4v) is 9.34. The van der Waals surface area contributed by atoms with Gasteiger partial charge in [-0.05, 0) is 38.5 Å². The van der Waals surface area contributed by atoms with Crippen molar-refractivity contribution >= 4 is 5.91 Å². The molecule has 1 aliphatic heterocycles. The quantitative estimate of drug-likeness (QED) is 0.0261. The van der Waals surface area contributed by atoms with E-state index in [4.69, 9.17) is 9.47 Å². The number of ether oxygens (including phenoxy) is 2. The van der Waals surface area contributed by atoms with Crippen LogP contribution in [0.5, 0.6) is 0 Å². The van der Waals surface area contributed by atoms with Crippen LogP contribution in [0.2, 0.25) is 0 Å². The van der Waals surface area contributed by atoms with Crippen molar-refractivity contribution in [2.45, 2.75) is 326 Å². The van der Waals surface area contributed by atoms with Crippen molar-refractivity contribution in [3.8, 4) is 0 Å². The molecule has 0 saturated carbocycles. The summed E-state index contributed by atoms with van der Waals surface area (Å²) in [6.45, 7) is 3.85. The zero-order valence-corrected chi connectivity index (χ0v) is 42.8. The number of hydrogen-bond donors (Lipinski definition) is 6. The Balaban J connectivity index is 2.16. The van der Waals surface area contributed by atoms with Gasteiger partial charge >= 0.3 is 0 Å². The van der Waals surface area contributed by atoms with Crippen LogP contribution in [0.3, 0.4) is 0 Å². The molecule has 65 heavy (non-hydrogen) atoms. The molecule has 0 aliphatic carbocycles. The lowest BCUT2D eigenvalue weighted by molar-refractivity contribution is -0.302. The number of aliphatic hydroxyl groups is 5. The highest BCUT2D eigenvalue weighted by Crippen LogP contribution is 2.23. The molecule has 7 unspecified atom stereocenters. The minimum absolute atomic E-state index is 0.138. The van der Waals surface area contributed by atoms with Crippen LogP contribution < -0.4 is 5.32 Å². The highest BCUT2D eigenvalue weighted by Gasteiger charge is 2.44. The second-order valence-corrected chi connectivity index (χ2v) is 20.1. The van der Waals surface area contributed by atoms with Crippen molar-refractivity contribution in [2.75, 3.05) is 13.2 Å². The monoisotopic (exact) mass is 924 g/mol. The predicted octanol–water partition coefficient (Wildman–Crippen LogP) is 13.6. The summed E-state index contributed by atoms with van der Waals surface area (Å²) in [6, 6.07) is -0.720. The number of unbranched alkanes of at least 4 members (excludes halogenated alkanes) is 37. The third-order valence-electron chi connectivity index (χ3n) is 13.9. The van der Waals surface area contributed by atoms with E-state index in [0.29, 0.717) is 12.8 Å². The molecule has 1 saturated heterocycles. The molecule has 1 fully saturated rings. The number of amides is 1. The SMILES string of the molecule is CCCCCCC/C=C\CCCCCCCC(=O)NC(COC1OC(CO)C(O)C(O)C1O)C(O)CCCCCCCCCCCCCCCCCCCCCCCCCCCCCC. The van der Waals surface area contributed by atoms with Crippen LogP contribution in [0.25, 0.3) is 0 Å². The van der Waals surface area contributed by atoms with E-state index in [0.717, 1.165) is 51.4 Å². The van der Waals surface area contributed by atoms with Crippen LogP contribution in [-0.4, -0.2) is 87.5 Å². The Morgan fingerprint density at radius 3 is 1.25 bits per heavy atom. The third-order valence-corrected chi connectivity index (χ3v) is 13.9. The molecular weight excluding hydrogens is 815 g/mol. The molecule has 7 atom stereocenters. The Kier molecular flexibility index (Phi) is 44.5. The number of aliphatic hydroxyl groups excluding tert-OH is 5. The first kappa shape index (κ1) is 61.9. The lowest BCUT2D eigenvalue weighted by Crippen LogP contribution is -2.60.